The molecule has 1 rings (SSSR count). The summed E-state index contributed by atoms with van der Waals surface area (Å²) >= 11 is 0. The van der Waals surface area contributed by atoms with Crippen LogP contribution in [0.4, 0.5) is 0 Å². The van der Waals surface area contributed by atoms with E-state index in [2.05, 4.69) is 24.5 Å². The molecule has 18 heavy (non-hydrogen) atoms. The standard InChI is InChI=1S/C15H26N2O/c1-4-6-10-15(18)17(12-7-5-2)13-14-9-8-11-16(14)3/h8-9,11H,4-7,10,12-13H2,1-3H3. The lowest BCUT2D eigenvalue weighted by Crippen LogP contribution is -2.32. The summed E-state index contributed by atoms with van der Waals surface area (Å²) in [6.45, 7) is 5.91. The monoisotopic (exact) mass is 250 g/mol. The Morgan fingerprint density at radius 2 is 2.00 bits per heavy atom. The van der Waals surface area contributed by atoms with E-state index >= 15 is 0 Å². The highest BCUT2D eigenvalue weighted by Gasteiger charge is 2.13. The lowest BCUT2D eigenvalue weighted by Gasteiger charge is -2.23. The fraction of sp³-hybridized carbons (Fsp3) is 0.667. The van der Waals surface area contributed by atoms with E-state index in [1.54, 1.807) is 0 Å². The van der Waals surface area contributed by atoms with Crippen LogP contribution in [0.15, 0.2) is 18.3 Å². The molecule has 0 bridgehead atoms. The largest absolute Gasteiger partial charge is 0.353 e. The molecule has 0 aliphatic carbocycles. The first-order chi connectivity index (χ1) is 8.69. The van der Waals surface area contributed by atoms with E-state index in [1.165, 1.54) is 5.69 Å². The number of hydrogen-bond acceptors (Lipinski definition) is 1. The third-order valence-corrected chi connectivity index (χ3v) is 3.28. The van der Waals surface area contributed by atoms with E-state index in [0.29, 0.717) is 12.3 Å². The quantitative estimate of drug-likeness (QED) is 0.694. The number of aryl methyl sites for hydroxylation is 1. The van der Waals surface area contributed by atoms with E-state index < -0.39 is 0 Å². The SMILES string of the molecule is CCCCC(=O)N(CCCC)Cc1cccn1C. The van der Waals surface area contributed by atoms with Gasteiger partial charge in [-0.05, 0) is 25.0 Å². The van der Waals surface area contributed by atoms with Crippen molar-refractivity contribution < 1.29 is 4.79 Å². The molecule has 0 saturated carbocycles. The van der Waals surface area contributed by atoms with Crippen molar-refractivity contribution in [2.24, 2.45) is 7.05 Å². The molecular formula is C15H26N2O. The molecule has 102 valence electrons. The molecule has 0 aromatic carbocycles. The summed E-state index contributed by atoms with van der Waals surface area (Å²) in [7, 11) is 2.03. The van der Waals surface area contributed by atoms with Gasteiger partial charge in [0.05, 0.1) is 6.54 Å². The van der Waals surface area contributed by atoms with Crippen molar-refractivity contribution in [1.29, 1.82) is 0 Å². The molecule has 3 nitrogen and oxygen atoms in total. The van der Waals surface area contributed by atoms with E-state index in [4.69, 9.17) is 0 Å². The molecule has 0 atom stereocenters. The van der Waals surface area contributed by atoms with Gasteiger partial charge >= 0.3 is 0 Å². The maximum absolute atomic E-state index is 12.2. The second kappa shape index (κ2) is 7.96. The van der Waals surface area contributed by atoms with Gasteiger partial charge in [0.15, 0.2) is 0 Å². The summed E-state index contributed by atoms with van der Waals surface area (Å²) in [6, 6.07) is 4.12. The van der Waals surface area contributed by atoms with Crippen LogP contribution in [0.5, 0.6) is 0 Å². The zero-order valence-corrected chi connectivity index (χ0v) is 12.0. The highest BCUT2D eigenvalue weighted by molar-refractivity contribution is 5.76. The number of nitrogens with zero attached hydrogens (tertiary/aromatic N) is 2. The Morgan fingerprint density at radius 3 is 2.56 bits per heavy atom. The third kappa shape index (κ3) is 4.55. The van der Waals surface area contributed by atoms with Crippen LogP contribution in [0.3, 0.4) is 0 Å². The van der Waals surface area contributed by atoms with Crippen LogP contribution in [0.2, 0.25) is 0 Å². The van der Waals surface area contributed by atoms with Gasteiger partial charge in [0.1, 0.15) is 0 Å². The molecule has 0 unspecified atom stereocenters. The fourth-order valence-electron chi connectivity index (χ4n) is 1.98. The van der Waals surface area contributed by atoms with Crippen molar-refractivity contribution >= 4 is 5.91 Å². The summed E-state index contributed by atoms with van der Waals surface area (Å²) in [5.41, 5.74) is 1.20. The van der Waals surface area contributed by atoms with Gasteiger partial charge in [-0.1, -0.05) is 26.7 Å². The second-order valence-corrected chi connectivity index (χ2v) is 4.88. The molecule has 1 aromatic rings. The van der Waals surface area contributed by atoms with Crippen molar-refractivity contribution in [3.05, 3.63) is 24.0 Å². The van der Waals surface area contributed by atoms with Gasteiger partial charge in [-0.3, -0.25) is 4.79 Å². The number of unbranched alkanes of at least 4 members (excludes halogenated alkanes) is 2. The Morgan fingerprint density at radius 1 is 1.28 bits per heavy atom. The lowest BCUT2D eigenvalue weighted by molar-refractivity contribution is -0.132. The maximum atomic E-state index is 12.2. The van der Waals surface area contributed by atoms with Crippen LogP contribution in [-0.2, 0) is 18.4 Å². The molecule has 3 heteroatoms. The first-order valence-electron chi connectivity index (χ1n) is 7.07. The van der Waals surface area contributed by atoms with Gasteiger partial charge in [0, 0.05) is 31.9 Å². The van der Waals surface area contributed by atoms with Crippen molar-refractivity contribution in [3.8, 4) is 0 Å². The zero-order chi connectivity index (χ0) is 13.4. The number of aromatic nitrogens is 1. The molecule has 1 aromatic heterocycles. The van der Waals surface area contributed by atoms with Crippen LogP contribution < -0.4 is 0 Å². The Labute approximate surface area is 111 Å². The summed E-state index contributed by atoms with van der Waals surface area (Å²) < 4.78 is 2.09. The second-order valence-electron chi connectivity index (χ2n) is 4.88. The van der Waals surface area contributed by atoms with Crippen LogP contribution in [0.25, 0.3) is 0 Å². The van der Waals surface area contributed by atoms with E-state index in [1.807, 2.05) is 24.2 Å². The Bertz CT molecular complexity index is 357. The van der Waals surface area contributed by atoms with Crippen LogP contribution >= 0.6 is 0 Å². The molecule has 0 saturated heterocycles. The van der Waals surface area contributed by atoms with Gasteiger partial charge in [-0.15, -0.1) is 0 Å². The summed E-state index contributed by atoms with van der Waals surface area (Å²) in [4.78, 5) is 14.2. The molecule has 0 fully saturated rings. The van der Waals surface area contributed by atoms with E-state index in [9.17, 15) is 4.79 Å². The average Bonchev–Trinajstić information content (AvgIpc) is 2.77. The normalized spacial score (nSPS) is 10.6. The molecular weight excluding hydrogens is 224 g/mol. The van der Waals surface area contributed by atoms with Gasteiger partial charge in [0.2, 0.25) is 5.91 Å². The average molecular weight is 250 g/mol. The fourth-order valence-corrected chi connectivity index (χ4v) is 1.98. The first-order valence-corrected chi connectivity index (χ1v) is 7.07. The van der Waals surface area contributed by atoms with Crippen molar-refractivity contribution in [2.75, 3.05) is 6.54 Å². The number of rotatable bonds is 8. The number of amides is 1. The molecule has 0 aliphatic heterocycles. The summed E-state index contributed by atoms with van der Waals surface area (Å²) in [5.74, 6) is 0.298. The maximum Gasteiger partial charge on any atom is 0.222 e. The minimum absolute atomic E-state index is 0.298. The van der Waals surface area contributed by atoms with Crippen molar-refractivity contribution in [3.63, 3.8) is 0 Å². The van der Waals surface area contributed by atoms with Gasteiger partial charge in [0.25, 0.3) is 0 Å². The highest BCUT2D eigenvalue weighted by Crippen LogP contribution is 2.09. The number of carbonyl (C=O) groups excluding carboxylic acids is 1. The van der Waals surface area contributed by atoms with Gasteiger partial charge in [-0.25, -0.2) is 0 Å². The Kier molecular flexibility index (Phi) is 6.55. The lowest BCUT2D eigenvalue weighted by atomic mass is 10.2. The minimum Gasteiger partial charge on any atom is -0.353 e. The van der Waals surface area contributed by atoms with Crippen LogP contribution in [-0.4, -0.2) is 21.9 Å². The predicted molar refractivity (Wildman–Crippen MR) is 75.3 cm³/mol. The molecule has 1 heterocycles. The molecule has 0 N–H and O–H groups in total. The number of carbonyl (C=O) groups is 1. The molecule has 0 radical (unpaired) electrons. The zero-order valence-electron chi connectivity index (χ0n) is 12.0. The predicted octanol–water partition coefficient (Wildman–Crippen LogP) is 3.34. The Hall–Kier alpha value is -1.25. The first kappa shape index (κ1) is 14.8. The summed E-state index contributed by atoms with van der Waals surface area (Å²) in [5, 5.41) is 0. The minimum atomic E-state index is 0.298. The van der Waals surface area contributed by atoms with Crippen LogP contribution in [0.1, 0.15) is 51.6 Å². The molecule has 0 spiro atoms. The van der Waals surface area contributed by atoms with E-state index in [-0.39, 0.29) is 0 Å². The molecule has 0 aliphatic rings. The molecule has 1 amide bonds. The van der Waals surface area contributed by atoms with Crippen LogP contribution in [0, 0.1) is 0 Å². The summed E-state index contributed by atoms with van der Waals surface area (Å²) in [6.07, 6.45) is 7.01. The highest BCUT2D eigenvalue weighted by atomic mass is 16.2. The van der Waals surface area contributed by atoms with Crippen molar-refractivity contribution in [2.45, 2.75) is 52.5 Å². The Balaban J connectivity index is 2.60. The van der Waals surface area contributed by atoms with Gasteiger partial charge < -0.3 is 9.47 Å². The van der Waals surface area contributed by atoms with Crippen molar-refractivity contribution in [1.82, 2.24) is 9.47 Å². The van der Waals surface area contributed by atoms with Gasteiger partial charge in [-0.2, -0.15) is 0 Å². The topological polar surface area (TPSA) is 25.2 Å². The van der Waals surface area contributed by atoms with E-state index in [0.717, 1.165) is 38.8 Å². The smallest absolute Gasteiger partial charge is 0.222 e. The third-order valence-electron chi connectivity index (χ3n) is 3.28. The number of hydrogen-bond donors (Lipinski definition) is 0.